The molecular weight excluding hydrogens is 544 g/mol. The van der Waals surface area contributed by atoms with Gasteiger partial charge in [-0.3, -0.25) is 19.3 Å². The number of hydrogen-bond donors (Lipinski definition) is 0. The van der Waals surface area contributed by atoms with Crippen LogP contribution in [0.1, 0.15) is 22.8 Å². The first kappa shape index (κ1) is 27.5. The number of carbonyl (C=O) groups excluding carboxylic acids is 3. The molecule has 1 fully saturated rings. The highest BCUT2D eigenvalue weighted by Gasteiger charge is 2.33. The summed E-state index contributed by atoms with van der Waals surface area (Å²) >= 11 is 1.29. The van der Waals surface area contributed by atoms with Gasteiger partial charge in [0.25, 0.3) is 5.91 Å². The Labute approximate surface area is 249 Å². The summed E-state index contributed by atoms with van der Waals surface area (Å²) in [5, 5.41) is 2.72. The third kappa shape index (κ3) is 5.85. The van der Waals surface area contributed by atoms with Gasteiger partial charge in [0.05, 0.1) is 11.4 Å². The van der Waals surface area contributed by atoms with Gasteiger partial charge < -0.3 is 9.80 Å². The summed E-state index contributed by atoms with van der Waals surface area (Å²) in [5.41, 5.74) is 3.69. The van der Waals surface area contributed by atoms with E-state index in [9.17, 15) is 14.4 Å². The number of aliphatic imine (C=N–C) groups is 1. The SMILES string of the molecule is CC(=O)c1ccc(N2CCN(C(=O)CSC3=NC(=Cc4ccc5ccccc5c4)C(=O)N3c3ccccc3)CC2)cc1. The summed E-state index contributed by atoms with van der Waals surface area (Å²) in [5.74, 6) is 0.0343. The van der Waals surface area contributed by atoms with E-state index in [1.165, 1.54) is 11.8 Å². The van der Waals surface area contributed by atoms with E-state index in [0.29, 0.717) is 48.3 Å². The van der Waals surface area contributed by atoms with Crippen LogP contribution in [0.3, 0.4) is 0 Å². The zero-order valence-electron chi connectivity index (χ0n) is 23.3. The van der Waals surface area contributed by atoms with E-state index in [2.05, 4.69) is 11.0 Å². The molecule has 0 aromatic heterocycles. The standard InChI is InChI=1S/C34H30N4O3S/c1-24(39)26-13-15-29(16-14-26)36-17-19-37(20-18-36)32(40)23-42-34-35-31(33(41)38(34)30-9-3-2-4-10-30)22-25-11-12-27-7-5-6-8-28(27)21-25/h2-16,21-22H,17-20,23H2,1H3. The molecule has 4 aromatic carbocycles. The van der Waals surface area contributed by atoms with Crippen LogP contribution in [0.2, 0.25) is 0 Å². The van der Waals surface area contributed by atoms with Crippen LogP contribution in [0.15, 0.2) is 108 Å². The lowest BCUT2D eigenvalue weighted by molar-refractivity contribution is -0.128. The molecule has 0 saturated carbocycles. The average molecular weight is 575 g/mol. The Kier molecular flexibility index (Phi) is 7.88. The van der Waals surface area contributed by atoms with Gasteiger partial charge in [-0.25, -0.2) is 4.99 Å². The molecule has 7 nitrogen and oxygen atoms in total. The quantitative estimate of drug-likeness (QED) is 0.213. The van der Waals surface area contributed by atoms with E-state index in [1.807, 2.05) is 102 Å². The van der Waals surface area contributed by atoms with Gasteiger partial charge in [0, 0.05) is 37.4 Å². The number of ketones is 1. The topological polar surface area (TPSA) is 73.3 Å². The van der Waals surface area contributed by atoms with Crippen LogP contribution in [0.5, 0.6) is 0 Å². The molecule has 0 N–H and O–H groups in total. The van der Waals surface area contributed by atoms with Crippen molar-refractivity contribution in [3.05, 3.63) is 114 Å². The van der Waals surface area contributed by atoms with Crippen molar-refractivity contribution in [2.45, 2.75) is 6.92 Å². The molecule has 8 heteroatoms. The van der Waals surface area contributed by atoms with Gasteiger partial charge in [0.1, 0.15) is 5.70 Å². The van der Waals surface area contributed by atoms with Gasteiger partial charge >= 0.3 is 0 Å². The van der Waals surface area contributed by atoms with Crippen molar-refractivity contribution in [3.63, 3.8) is 0 Å². The number of thioether (sulfide) groups is 1. The van der Waals surface area contributed by atoms with Gasteiger partial charge in [-0.15, -0.1) is 0 Å². The van der Waals surface area contributed by atoms with Crippen molar-refractivity contribution in [1.29, 1.82) is 0 Å². The lowest BCUT2D eigenvalue weighted by atomic mass is 10.1. The van der Waals surface area contributed by atoms with Crippen LogP contribution in [-0.4, -0.2) is 59.6 Å². The third-order valence-corrected chi connectivity index (χ3v) is 8.44. The minimum absolute atomic E-state index is 0.0155. The predicted molar refractivity (Wildman–Crippen MR) is 171 cm³/mol. The highest BCUT2D eigenvalue weighted by molar-refractivity contribution is 8.14. The normalized spacial score (nSPS) is 16.3. The number of benzene rings is 4. The summed E-state index contributed by atoms with van der Waals surface area (Å²) < 4.78 is 0. The number of fused-ring (bicyclic) bond motifs is 1. The first-order valence-electron chi connectivity index (χ1n) is 13.9. The van der Waals surface area contributed by atoms with Gasteiger partial charge in [-0.05, 0) is 71.8 Å². The third-order valence-electron chi connectivity index (χ3n) is 7.52. The fourth-order valence-electron chi connectivity index (χ4n) is 5.19. The molecule has 1 saturated heterocycles. The molecule has 210 valence electrons. The maximum Gasteiger partial charge on any atom is 0.283 e. The Hall–Kier alpha value is -4.69. The van der Waals surface area contributed by atoms with E-state index in [-0.39, 0.29) is 23.4 Å². The highest BCUT2D eigenvalue weighted by atomic mass is 32.2. The number of nitrogens with zero attached hydrogens (tertiary/aromatic N) is 4. The predicted octanol–water partition coefficient (Wildman–Crippen LogP) is 5.87. The molecule has 4 aromatic rings. The molecule has 2 aliphatic heterocycles. The van der Waals surface area contributed by atoms with Gasteiger partial charge in [-0.2, -0.15) is 0 Å². The summed E-state index contributed by atoms with van der Waals surface area (Å²) in [6, 6.07) is 31.2. The lowest BCUT2D eigenvalue weighted by Crippen LogP contribution is -2.49. The molecule has 6 rings (SSSR count). The number of rotatable bonds is 6. The second kappa shape index (κ2) is 12.0. The number of amidine groups is 1. The van der Waals surface area contributed by atoms with E-state index < -0.39 is 0 Å². The Balaban J connectivity index is 1.15. The van der Waals surface area contributed by atoms with E-state index >= 15 is 0 Å². The second-order valence-corrected chi connectivity index (χ2v) is 11.2. The minimum Gasteiger partial charge on any atom is -0.368 e. The number of amides is 2. The van der Waals surface area contributed by atoms with Crippen LogP contribution in [0.4, 0.5) is 11.4 Å². The summed E-state index contributed by atoms with van der Waals surface area (Å²) in [6.07, 6.45) is 1.81. The maximum atomic E-state index is 13.6. The molecule has 0 radical (unpaired) electrons. The Morgan fingerprint density at radius 1 is 0.810 bits per heavy atom. The van der Waals surface area contributed by atoms with Crippen LogP contribution >= 0.6 is 11.8 Å². The largest absolute Gasteiger partial charge is 0.368 e. The van der Waals surface area contributed by atoms with Crippen LogP contribution in [0.25, 0.3) is 16.8 Å². The second-order valence-electron chi connectivity index (χ2n) is 10.3. The molecule has 2 amide bonds. The van der Waals surface area contributed by atoms with Crippen LogP contribution < -0.4 is 9.80 Å². The van der Waals surface area contributed by atoms with Gasteiger partial charge in [0.15, 0.2) is 11.0 Å². The first-order chi connectivity index (χ1) is 20.5. The molecular formula is C34H30N4O3S. The molecule has 0 spiro atoms. The molecule has 0 unspecified atom stereocenters. The summed E-state index contributed by atoms with van der Waals surface area (Å²) in [7, 11) is 0. The molecule has 2 aliphatic rings. The Bertz CT molecular complexity index is 1710. The van der Waals surface area contributed by atoms with Crippen molar-refractivity contribution in [3.8, 4) is 0 Å². The zero-order chi connectivity index (χ0) is 29.1. The van der Waals surface area contributed by atoms with Crippen molar-refractivity contribution < 1.29 is 14.4 Å². The minimum atomic E-state index is -0.214. The van der Waals surface area contributed by atoms with Crippen molar-refractivity contribution in [2.24, 2.45) is 4.99 Å². The van der Waals surface area contributed by atoms with Crippen molar-refractivity contribution >= 4 is 62.8 Å². The Morgan fingerprint density at radius 2 is 1.50 bits per heavy atom. The average Bonchev–Trinajstić information content (AvgIpc) is 3.34. The number of para-hydroxylation sites is 1. The fraction of sp³-hybridized carbons (Fsp3) is 0.176. The van der Waals surface area contributed by atoms with Crippen LogP contribution in [-0.2, 0) is 9.59 Å². The van der Waals surface area contributed by atoms with E-state index in [4.69, 9.17) is 4.99 Å². The fourth-order valence-corrected chi connectivity index (χ4v) is 6.11. The van der Waals surface area contributed by atoms with Gasteiger partial charge in [-0.1, -0.05) is 66.4 Å². The molecule has 42 heavy (non-hydrogen) atoms. The number of piperazine rings is 1. The van der Waals surface area contributed by atoms with Gasteiger partial charge in [0.2, 0.25) is 5.91 Å². The molecule has 0 atom stereocenters. The number of carbonyl (C=O) groups is 3. The lowest BCUT2D eigenvalue weighted by Gasteiger charge is -2.36. The smallest absolute Gasteiger partial charge is 0.283 e. The van der Waals surface area contributed by atoms with Crippen molar-refractivity contribution in [1.82, 2.24) is 4.90 Å². The first-order valence-corrected chi connectivity index (χ1v) is 14.9. The maximum absolute atomic E-state index is 13.6. The summed E-state index contributed by atoms with van der Waals surface area (Å²) in [6.45, 7) is 4.20. The molecule has 0 aliphatic carbocycles. The molecule has 2 heterocycles. The monoisotopic (exact) mass is 574 g/mol. The number of hydrogen-bond acceptors (Lipinski definition) is 6. The zero-order valence-corrected chi connectivity index (χ0v) is 24.1. The number of Topliss-reactive ketones (excluding diaryl/α,β-unsaturated/α-hetero) is 1. The molecule has 0 bridgehead atoms. The number of anilines is 2. The van der Waals surface area contributed by atoms with E-state index in [1.54, 1.807) is 11.8 Å². The van der Waals surface area contributed by atoms with Crippen molar-refractivity contribution in [2.75, 3.05) is 41.7 Å². The summed E-state index contributed by atoms with van der Waals surface area (Å²) in [4.78, 5) is 48.7. The Morgan fingerprint density at radius 3 is 2.21 bits per heavy atom. The van der Waals surface area contributed by atoms with Crippen LogP contribution in [0, 0.1) is 0 Å². The highest BCUT2D eigenvalue weighted by Crippen LogP contribution is 2.30. The van der Waals surface area contributed by atoms with E-state index in [0.717, 1.165) is 22.0 Å².